The molecule has 3 N–H and O–H groups in total. The van der Waals surface area contributed by atoms with Crippen LogP contribution in [0.2, 0.25) is 0 Å². The standard InChI is InChI=1S/C25H27FN10/c1-16(25(2,3)36-15-28-14-31-36)32-21-12-30-24(33-23(21)27)20-11-22(19-9-6-10-29-19)35(34-20)13-17-7-4-5-8-18(17)26/h4-9,11-12,14-15,21,23,32H,1,10,13,27H2,2-3H3. The molecule has 0 fully saturated rings. The van der Waals surface area contributed by atoms with Crippen LogP contribution in [0.15, 0.2) is 82.4 Å². The summed E-state index contributed by atoms with van der Waals surface area (Å²) in [4.78, 5) is 17.6. The quantitative estimate of drug-likeness (QED) is 0.504. The average molecular weight is 487 g/mol. The summed E-state index contributed by atoms with van der Waals surface area (Å²) in [6, 6.07) is 8.13. The monoisotopic (exact) mass is 486 g/mol. The Morgan fingerprint density at radius 1 is 1.31 bits per heavy atom. The van der Waals surface area contributed by atoms with Crippen LogP contribution in [0.3, 0.4) is 0 Å². The molecule has 36 heavy (non-hydrogen) atoms. The van der Waals surface area contributed by atoms with Crippen molar-refractivity contribution in [3.05, 3.63) is 90.2 Å². The van der Waals surface area contributed by atoms with Crippen molar-refractivity contribution in [2.75, 3.05) is 6.54 Å². The van der Waals surface area contributed by atoms with Crippen molar-refractivity contribution >= 4 is 17.8 Å². The molecule has 184 valence electrons. The zero-order chi connectivity index (χ0) is 25.3. The first-order chi connectivity index (χ1) is 17.3. The summed E-state index contributed by atoms with van der Waals surface area (Å²) in [6.07, 6.45) is 8.09. The van der Waals surface area contributed by atoms with Crippen molar-refractivity contribution in [3.63, 3.8) is 0 Å². The molecule has 2 atom stereocenters. The lowest BCUT2D eigenvalue weighted by atomic mass is 10.0. The summed E-state index contributed by atoms with van der Waals surface area (Å²) in [5.41, 5.74) is 9.15. The molecule has 10 nitrogen and oxygen atoms in total. The molecule has 2 aliphatic rings. The fraction of sp³-hybridized carbons (Fsp3) is 0.280. The molecule has 2 unspecified atom stereocenters. The fourth-order valence-electron chi connectivity index (χ4n) is 3.94. The van der Waals surface area contributed by atoms with Crippen molar-refractivity contribution < 1.29 is 4.39 Å². The smallest absolute Gasteiger partial charge is 0.176 e. The molecule has 0 spiro atoms. The lowest BCUT2D eigenvalue weighted by Crippen LogP contribution is -2.50. The van der Waals surface area contributed by atoms with Gasteiger partial charge in [0.2, 0.25) is 0 Å². The summed E-state index contributed by atoms with van der Waals surface area (Å²) in [6.45, 7) is 8.96. The second-order valence-electron chi connectivity index (χ2n) is 9.06. The molecule has 0 aliphatic carbocycles. The Labute approximate surface area is 207 Å². The molecule has 0 amide bonds. The van der Waals surface area contributed by atoms with Gasteiger partial charge in [-0.1, -0.05) is 30.9 Å². The molecule has 0 bridgehead atoms. The predicted molar refractivity (Wildman–Crippen MR) is 137 cm³/mol. The van der Waals surface area contributed by atoms with E-state index in [1.807, 2.05) is 32.1 Å². The third-order valence-electron chi connectivity index (χ3n) is 6.26. The van der Waals surface area contributed by atoms with Gasteiger partial charge in [0.1, 0.15) is 30.3 Å². The summed E-state index contributed by atoms with van der Waals surface area (Å²) in [5.74, 6) is 0.111. The molecule has 4 heterocycles. The molecule has 3 aromatic rings. The molecule has 0 saturated carbocycles. The van der Waals surface area contributed by atoms with Gasteiger partial charge in [-0.05, 0) is 32.1 Å². The highest BCUT2D eigenvalue weighted by Gasteiger charge is 2.30. The number of amidine groups is 1. The number of nitrogens with zero attached hydrogens (tertiary/aromatic N) is 8. The van der Waals surface area contributed by atoms with Gasteiger partial charge in [-0.15, -0.1) is 0 Å². The summed E-state index contributed by atoms with van der Waals surface area (Å²) in [7, 11) is 0. The van der Waals surface area contributed by atoms with Crippen LogP contribution in [0.1, 0.15) is 30.8 Å². The number of nitrogens with two attached hydrogens (primary N) is 1. The van der Waals surface area contributed by atoms with E-state index in [0.29, 0.717) is 29.3 Å². The number of aliphatic imine (C=N–C) groups is 3. The minimum Gasteiger partial charge on any atom is -0.376 e. The van der Waals surface area contributed by atoms with Gasteiger partial charge < -0.3 is 11.1 Å². The largest absolute Gasteiger partial charge is 0.376 e. The first-order valence-electron chi connectivity index (χ1n) is 11.5. The molecular formula is C25H27FN10. The highest BCUT2D eigenvalue weighted by molar-refractivity contribution is 6.11. The number of halogens is 1. The molecular weight excluding hydrogens is 459 g/mol. The topological polar surface area (TPSA) is 124 Å². The minimum absolute atomic E-state index is 0.249. The minimum atomic E-state index is -0.621. The third-order valence-corrected chi connectivity index (χ3v) is 6.26. The van der Waals surface area contributed by atoms with E-state index < -0.39 is 11.7 Å². The summed E-state index contributed by atoms with van der Waals surface area (Å²) >= 11 is 0. The van der Waals surface area contributed by atoms with E-state index in [9.17, 15) is 4.39 Å². The summed E-state index contributed by atoms with van der Waals surface area (Å²) < 4.78 is 17.8. The van der Waals surface area contributed by atoms with Crippen LogP contribution in [-0.4, -0.2) is 61.1 Å². The highest BCUT2D eigenvalue weighted by Crippen LogP contribution is 2.22. The number of hydrogen-bond acceptors (Lipinski definition) is 8. The Balaban J connectivity index is 1.37. The van der Waals surface area contributed by atoms with E-state index in [0.717, 1.165) is 11.4 Å². The number of benzene rings is 1. The second-order valence-corrected chi connectivity index (χ2v) is 9.06. The molecule has 2 aliphatic heterocycles. The molecule has 2 aromatic heterocycles. The maximum atomic E-state index is 14.3. The van der Waals surface area contributed by atoms with Gasteiger partial charge in [0, 0.05) is 17.5 Å². The molecule has 5 rings (SSSR count). The van der Waals surface area contributed by atoms with E-state index >= 15 is 0 Å². The van der Waals surface area contributed by atoms with Gasteiger partial charge >= 0.3 is 0 Å². The van der Waals surface area contributed by atoms with Crippen LogP contribution in [0.4, 0.5) is 4.39 Å². The number of nitrogens with one attached hydrogen (secondary N) is 1. The van der Waals surface area contributed by atoms with Gasteiger partial charge in [0.25, 0.3) is 0 Å². The van der Waals surface area contributed by atoms with Gasteiger partial charge in [-0.3, -0.25) is 9.67 Å². The Bertz CT molecular complexity index is 1390. The predicted octanol–water partition coefficient (Wildman–Crippen LogP) is 2.04. The van der Waals surface area contributed by atoms with Gasteiger partial charge in [0.05, 0.1) is 36.1 Å². The zero-order valence-corrected chi connectivity index (χ0v) is 20.1. The first-order valence-corrected chi connectivity index (χ1v) is 11.5. The SMILES string of the molecule is C=C(NC1C=NC(c2cc(C3=NCC=C3)n(Cc3ccccc3F)n2)=NC1N)C(C)(C)n1cncn1. The number of allylic oxidation sites excluding steroid dienone is 2. The molecule has 0 saturated heterocycles. The average Bonchev–Trinajstić information content (AvgIpc) is 3.64. The van der Waals surface area contributed by atoms with E-state index in [2.05, 4.69) is 42.1 Å². The number of rotatable bonds is 8. The maximum Gasteiger partial charge on any atom is 0.176 e. The van der Waals surface area contributed by atoms with E-state index in [1.165, 1.54) is 12.4 Å². The van der Waals surface area contributed by atoms with Crippen LogP contribution in [0.5, 0.6) is 0 Å². The van der Waals surface area contributed by atoms with Crippen molar-refractivity contribution in [1.82, 2.24) is 29.9 Å². The van der Waals surface area contributed by atoms with Crippen LogP contribution in [0.25, 0.3) is 0 Å². The van der Waals surface area contributed by atoms with Crippen LogP contribution in [0, 0.1) is 5.82 Å². The third kappa shape index (κ3) is 4.52. The summed E-state index contributed by atoms with van der Waals surface area (Å²) in [5, 5.41) is 12.2. The number of hydrogen-bond donors (Lipinski definition) is 2. The van der Waals surface area contributed by atoms with Gasteiger partial charge in [-0.25, -0.2) is 24.0 Å². The van der Waals surface area contributed by atoms with Gasteiger partial charge in [0.15, 0.2) is 5.84 Å². The van der Waals surface area contributed by atoms with Crippen molar-refractivity contribution in [2.45, 2.75) is 38.1 Å². The zero-order valence-electron chi connectivity index (χ0n) is 20.1. The van der Waals surface area contributed by atoms with Crippen molar-refractivity contribution in [3.8, 4) is 0 Å². The Morgan fingerprint density at radius 3 is 2.83 bits per heavy atom. The van der Waals surface area contributed by atoms with E-state index in [1.54, 1.807) is 40.1 Å². The Hall–Kier alpha value is -4.25. The van der Waals surface area contributed by atoms with E-state index in [4.69, 9.17) is 5.73 Å². The van der Waals surface area contributed by atoms with Crippen LogP contribution >= 0.6 is 0 Å². The van der Waals surface area contributed by atoms with E-state index in [-0.39, 0.29) is 18.4 Å². The first kappa shape index (κ1) is 23.5. The highest BCUT2D eigenvalue weighted by atomic mass is 19.1. The van der Waals surface area contributed by atoms with Crippen LogP contribution in [-0.2, 0) is 12.1 Å². The number of aromatic nitrogens is 5. The fourth-order valence-corrected chi connectivity index (χ4v) is 3.94. The second kappa shape index (κ2) is 9.42. The Morgan fingerprint density at radius 2 is 2.14 bits per heavy atom. The maximum absolute atomic E-state index is 14.3. The molecule has 11 heteroatoms. The van der Waals surface area contributed by atoms with Gasteiger partial charge in [-0.2, -0.15) is 10.2 Å². The lowest BCUT2D eigenvalue weighted by molar-refractivity contribution is 0.350. The van der Waals surface area contributed by atoms with Crippen molar-refractivity contribution in [2.24, 2.45) is 20.7 Å². The van der Waals surface area contributed by atoms with Crippen molar-refractivity contribution in [1.29, 1.82) is 0 Å². The lowest BCUT2D eigenvalue weighted by Gasteiger charge is -2.32. The molecule has 0 radical (unpaired) electrons. The van der Waals surface area contributed by atoms with Crippen LogP contribution < -0.4 is 11.1 Å². The Kier molecular flexibility index (Phi) is 6.15. The molecule has 1 aromatic carbocycles. The normalized spacial score (nSPS) is 19.3.